The van der Waals surface area contributed by atoms with E-state index < -0.39 is 0 Å². The molecule has 1 heterocycles. The summed E-state index contributed by atoms with van der Waals surface area (Å²) in [6.07, 6.45) is 1.56. The van der Waals surface area contributed by atoms with Crippen molar-refractivity contribution in [1.29, 1.82) is 0 Å². The highest BCUT2D eigenvalue weighted by atomic mass is 16.5. The van der Waals surface area contributed by atoms with E-state index >= 15 is 0 Å². The molecule has 21 heavy (non-hydrogen) atoms. The van der Waals surface area contributed by atoms with Gasteiger partial charge in [-0.15, -0.1) is 0 Å². The van der Waals surface area contributed by atoms with Crippen LogP contribution in [-0.4, -0.2) is 19.4 Å². The van der Waals surface area contributed by atoms with Gasteiger partial charge in [0, 0.05) is 17.2 Å². The summed E-state index contributed by atoms with van der Waals surface area (Å²) in [4.78, 5) is 0. The average molecular weight is 281 g/mol. The van der Waals surface area contributed by atoms with Gasteiger partial charge in [-0.2, -0.15) is 0 Å². The van der Waals surface area contributed by atoms with Gasteiger partial charge in [0.15, 0.2) is 0 Å². The Hall–Kier alpha value is -2.75. The summed E-state index contributed by atoms with van der Waals surface area (Å²) in [7, 11) is 3.32. The van der Waals surface area contributed by atoms with Crippen LogP contribution in [-0.2, 0) is 0 Å². The average Bonchev–Trinajstić information content (AvgIpc) is 3.09. The summed E-state index contributed by atoms with van der Waals surface area (Å²) in [5, 5.41) is 3.97. The van der Waals surface area contributed by atoms with Gasteiger partial charge in [0.2, 0.25) is 0 Å². The molecule has 0 bridgehead atoms. The Kier molecular flexibility index (Phi) is 3.60. The number of ether oxygens (including phenoxy) is 2. The minimum Gasteiger partial charge on any atom is -0.497 e. The van der Waals surface area contributed by atoms with Crippen LogP contribution in [0.2, 0.25) is 0 Å². The molecule has 0 aliphatic rings. The molecule has 0 aliphatic carbocycles. The quantitative estimate of drug-likeness (QED) is 0.724. The molecule has 1 aromatic heterocycles. The zero-order valence-electron chi connectivity index (χ0n) is 11.9. The van der Waals surface area contributed by atoms with Crippen LogP contribution in [0.15, 0.2) is 59.3 Å². The van der Waals surface area contributed by atoms with Crippen LogP contribution in [0.5, 0.6) is 11.5 Å². The lowest BCUT2D eigenvalue weighted by molar-refractivity contribution is 0.414. The molecular formula is C17H15NO3. The standard InChI is InChI=1S/C17H15NO3/c1-19-14-6-3-12(4-7-14)15-11-13(5-8-17(15)20-2)16-9-10-21-18-16/h3-11H,1-2H3. The lowest BCUT2D eigenvalue weighted by atomic mass is 10.0. The Morgan fingerprint density at radius 1 is 0.857 bits per heavy atom. The zero-order valence-corrected chi connectivity index (χ0v) is 11.9. The maximum atomic E-state index is 5.45. The molecule has 0 N–H and O–H groups in total. The van der Waals surface area contributed by atoms with Crippen LogP contribution in [0.25, 0.3) is 22.4 Å². The van der Waals surface area contributed by atoms with Crippen LogP contribution in [0.3, 0.4) is 0 Å². The summed E-state index contributed by atoms with van der Waals surface area (Å²) >= 11 is 0. The van der Waals surface area contributed by atoms with E-state index in [9.17, 15) is 0 Å². The van der Waals surface area contributed by atoms with Crippen molar-refractivity contribution in [2.45, 2.75) is 0 Å². The van der Waals surface area contributed by atoms with Gasteiger partial charge in [-0.1, -0.05) is 17.3 Å². The van der Waals surface area contributed by atoms with Gasteiger partial charge in [0.1, 0.15) is 23.5 Å². The third-order valence-electron chi connectivity index (χ3n) is 3.33. The van der Waals surface area contributed by atoms with Crippen LogP contribution in [0, 0.1) is 0 Å². The Morgan fingerprint density at radius 3 is 2.24 bits per heavy atom. The van der Waals surface area contributed by atoms with Gasteiger partial charge >= 0.3 is 0 Å². The Labute approximate surface area is 122 Å². The summed E-state index contributed by atoms with van der Waals surface area (Å²) in [5.74, 6) is 1.64. The molecule has 0 unspecified atom stereocenters. The Bertz CT molecular complexity index is 718. The van der Waals surface area contributed by atoms with Gasteiger partial charge in [-0.25, -0.2) is 0 Å². The molecule has 3 aromatic rings. The fourth-order valence-corrected chi connectivity index (χ4v) is 2.22. The predicted molar refractivity (Wildman–Crippen MR) is 80.5 cm³/mol. The van der Waals surface area contributed by atoms with Crippen LogP contribution in [0.1, 0.15) is 0 Å². The fourth-order valence-electron chi connectivity index (χ4n) is 2.22. The number of benzene rings is 2. The number of aromatic nitrogens is 1. The summed E-state index contributed by atoms with van der Waals surface area (Å²) in [6.45, 7) is 0. The van der Waals surface area contributed by atoms with Crippen molar-refractivity contribution in [3.63, 3.8) is 0 Å². The van der Waals surface area contributed by atoms with Crippen molar-refractivity contribution in [2.24, 2.45) is 0 Å². The van der Waals surface area contributed by atoms with E-state index in [-0.39, 0.29) is 0 Å². The first-order valence-corrected chi connectivity index (χ1v) is 6.55. The maximum Gasteiger partial charge on any atom is 0.126 e. The molecule has 3 rings (SSSR count). The summed E-state index contributed by atoms with van der Waals surface area (Å²) in [6, 6.07) is 15.6. The smallest absolute Gasteiger partial charge is 0.126 e. The van der Waals surface area contributed by atoms with Crippen molar-refractivity contribution in [3.05, 3.63) is 54.8 Å². The van der Waals surface area contributed by atoms with Crippen molar-refractivity contribution in [2.75, 3.05) is 14.2 Å². The van der Waals surface area contributed by atoms with Crippen LogP contribution < -0.4 is 9.47 Å². The number of rotatable bonds is 4. The molecule has 0 radical (unpaired) electrons. The lowest BCUT2D eigenvalue weighted by Crippen LogP contribution is -1.90. The summed E-state index contributed by atoms with van der Waals surface area (Å²) < 4.78 is 15.5. The van der Waals surface area contributed by atoms with E-state index in [4.69, 9.17) is 14.0 Å². The second-order valence-corrected chi connectivity index (χ2v) is 4.53. The van der Waals surface area contributed by atoms with Crippen molar-refractivity contribution in [1.82, 2.24) is 5.16 Å². The normalized spacial score (nSPS) is 10.4. The minimum absolute atomic E-state index is 0.799. The zero-order chi connectivity index (χ0) is 14.7. The molecule has 0 amide bonds. The third kappa shape index (κ3) is 2.60. The maximum absolute atomic E-state index is 5.45. The number of hydrogen-bond donors (Lipinski definition) is 0. The van der Waals surface area contributed by atoms with Crippen molar-refractivity contribution < 1.29 is 14.0 Å². The topological polar surface area (TPSA) is 44.5 Å². The number of hydrogen-bond acceptors (Lipinski definition) is 4. The number of nitrogens with zero attached hydrogens (tertiary/aromatic N) is 1. The molecule has 4 heteroatoms. The molecule has 0 fully saturated rings. The van der Waals surface area contributed by atoms with Gasteiger partial charge in [-0.3, -0.25) is 0 Å². The first-order valence-electron chi connectivity index (χ1n) is 6.55. The Morgan fingerprint density at radius 2 is 1.62 bits per heavy atom. The first-order chi connectivity index (χ1) is 10.3. The molecule has 0 saturated heterocycles. The third-order valence-corrected chi connectivity index (χ3v) is 3.33. The highest BCUT2D eigenvalue weighted by Crippen LogP contribution is 2.34. The minimum atomic E-state index is 0.799. The van der Waals surface area contributed by atoms with E-state index in [2.05, 4.69) is 5.16 Å². The largest absolute Gasteiger partial charge is 0.497 e. The molecule has 2 aromatic carbocycles. The molecule has 0 saturated carbocycles. The van der Waals surface area contributed by atoms with Gasteiger partial charge in [0.05, 0.1) is 14.2 Å². The molecule has 0 aliphatic heterocycles. The lowest BCUT2D eigenvalue weighted by Gasteiger charge is -2.11. The van der Waals surface area contributed by atoms with Crippen LogP contribution in [0.4, 0.5) is 0 Å². The van der Waals surface area contributed by atoms with E-state index in [1.54, 1.807) is 20.5 Å². The van der Waals surface area contributed by atoms with E-state index in [0.29, 0.717) is 0 Å². The SMILES string of the molecule is COc1ccc(-c2cc(-c3ccon3)ccc2OC)cc1. The predicted octanol–water partition coefficient (Wildman–Crippen LogP) is 4.03. The molecule has 0 atom stereocenters. The first kappa shape index (κ1) is 13.2. The molecular weight excluding hydrogens is 266 g/mol. The second kappa shape index (κ2) is 5.71. The second-order valence-electron chi connectivity index (χ2n) is 4.53. The Balaban J connectivity index is 2.08. The van der Waals surface area contributed by atoms with Gasteiger partial charge in [-0.05, 0) is 35.9 Å². The van der Waals surface area contributed by atoms with Crippen molar-refractivity contribution >= 4 is 0 Å². The van der Waals surface area contributed by atoms with Crippen LogP contribution >= 0.6 is 0 Å². The monoisotopic (exact) mass is 281 g/mol. The summed E-state index contributed by atoms with van der Waals surface area (Å²) in [5.41, 5.74) is 3.83. The molecule has 0 spiro atoms. The molecule has 106 valence electrons. The van der Waals surface area contributed by atoms with Gasteiger partial charge < -0.3 is 14.0 Å². The van der Waals surface area contributed by atoms with E-state index in [1.165, 1.54) is 0 Å². The van der Waals surface area contributed by atoms with E-state index in [0.717, 1.165) is 33.9 Å². The van der Waals surface area contributed by atoms with Gasteiger partial charge in [0.25, 0.3) is 0 Å². The number of methoxy groups -OCH3 is 2. The highest BCUT2D eigenvalue weighted by Gasteiger charge is 2.10. The molecule has 4 nitrogen and oxygen atoms in total. The van der Waals surface area contributed by atoms with E-state index in [1.807, 2.05) is 48.5 Å². The fraction of sp³-hybridized carbons (Fsp3) is 0.118. The highest BCUT2D eigenvalue weighted by molar-refractivity contribution is 5.76. The van der Waals surface area contributed by atoms with Crippen molar-refractivity contribution in [3.8, 4) is 33.9 Å².